The Morgan fingerprint density at radius 3 is 2.44 bits per heavy atom. The first-order valence-electron chi connectivity index (χ1n) is 6.30. The number of benzene rings is 1. The summed E-state index contributed by atoms with van der Waals surface area (Å²) in [7, 11) is 0. The smallest absolute Gasteiger partial charge is 0.338 e. The van der Waals surface area contributed by atoms with E-state index < -0.39 is 12.1 Å². The summed E-state index contributed by atoms with van der Waals surface area (Å²) in [5.74, 6) is -0.394. The molecule has 0 heterocycles. The molecule has 0 aliphatic carbocycles. The highest BCUT2D eigenvalue weighted by Crippen LogP contribution is 2.02. The Bertz CT molecular complexity index is 349. The van der Waals surface area contributed by atoms with Gasteiger partial charge in [-0.25, -0.2) is 4.79 Å². The van der Waals surface area contributed by atoms with E-state index in [1.807, 2.05) is 19.9 Å². The number of ether oxygens (including phenoxy) is 1. The molecule has 0 saturated carbocycles. The third-order valence-electron chi connectivity index (χ3n) is 2.78. The van der Waals surface area contributed by atoms with Crippen molar-refractivity contribution < 1.29 is 14.6 Å². The molecule has 0 fully saturated rings. The predicted molar refractivity (Wildman–Crippen MR) is 70.5 cm³/mol. The Morgan fingerprint density at radius 2 is 1.89 bits per heavy atom. The van der Waals surface area contributed by atoms with Crippen molar-refractivity contribution >= 4 is 5.97 Å². The van der Waals surface area contributed by atoms with Crippen LogP contribution in [0.1, 0.15) is 24.2 Å². The third-order valence-corrected chi connectivity index (χ3v) is 2.78. The number of hydrogen-bond acceptors (Lipinski definition) is 4. The van der Waals surface area contributed by atoms with Crippen LogP contribution in [0.5, 0.6) is 0 Å². The monoisotopic (exact) mass is 251 g/mol. The highest BCUT2D eigenvalue weighted by Gasteiger charge is 2.12. The van der Waals surface area contributed by atoms with Gasteiger partial charge in [0.05, 0.1) is 5.56 Å². The molecule has 1 aromatic carbocycles. The number of aliphatic hydroxyl groups is 1. The van der Waals surface area contributed by atoms with Crippen molar-refractivity contribution in [2.45, 2.75) is 20.0 Å². The fourth-order valence-electron chi connectivity index (χ4n) is 1.66. The highest BCUT2D eigenvalue weighted by atomic mass is 16.5. The molecule has 18 heavy (non-hydrogen) atoms. The number of nitrogens with zero attached hydrogens (tertiary/aromatic N) is 1. The Balaban J connectivity index is 2.34. The minimum absolute atomic E-state index is 0.0320. The average molecular weight is 251 g/mol. The van der Waals surface area contributed by atoms with Crippen LogP contribution in [-0.4, -0.2) is 48.3 Å². The van der Waals surface area contributed by atoms with Gasteiger partial charge in [0.15, 0.2) is 0 Å². The quantitative estimate of drug-likeness (QED) is 0.747. The summed E-state index contributed by atoms with van der Waals surface area (Å²) in [6.45, 7) is 6.37. The Labute approximate surface area is 108 Å². The van der Waals surface area contributed by atoms with Gasteiger partial charge in [0, 0.05) is 6.54 Å². The minimum Gasteiger partial charge on any atom is -0.459 e. The minimum atomic E-state index is -0.641. The van der Waals surface area contributed by atoms with Gasteiger partial charge in [-0.1, -0.05) is 32.0 Å². The zero-order valence-electron chi connectivity index (χ0n) is 11.0. The molecular formula is C14H21NO3. The molecule has 0 aliphatic heterocycles. The molecule has 1 aromatic rings. The molecule has 100 valence electrons. The van der Waals surface area contributed by atoms with Crippen LogP contribution in [0.15, 0.2) is 30.3 Å². The molecule has 1 unspecified atom stereocenters. The maximum absolute atomic E-state index is 11.6. The van der Waals surface area contributed by atoms with Crippen LogP contribution >= 0.6 is 0 Å². The molecule has 1 atom stereocenters. The van der Waals surface area contributed by atoms with Crippen LogP contribution in [0.4, 0.5) is 0 Å². The van der Waals surface area contributed by atoms with Crippen LogP contribution < -0.4 is 0 Å². The van der Waals surface area contributed by atoms with Crippen molar-refractivity contribution in [1.82, 2.24) is 4.90 Å². The summed E-state index contributed by atoms with van der Waals surface area (Å²) >= 11 is 0. The molecule has 0 saturated heterocycles. The second-order valence-electron chi connectivity index (χ2n) is 4.10. The SMILES string of the molecule is CCN(CC)CC(O)COC(=O)c1ccccc1. The molecular weight excluding hydrogens is 230 g/mol. The standard InChI is InChI=1S/C14H21NO3/c1-3-15(4-2)10-13(16)11-18-14(17)12-8-6-5-7-9-12/h5-9,13,16H,3-4,10-11H2,1-2H3. The van der Waals surface area contributed by atoms with Crippen molar-refractivity contribution in [1.29, 1.82) is 0 Å². The topological polar surface area (TPSA) is 49.8 Å². The number of hydrogen-bond donors (Lipinski definition) is 1. The number of carbonyl (C=O) groups is 1. The van der Waals surface area contributed by atoms with Crippen molar-refractivity contribution in [2.24, 2.45) is 0 Å². The maximum atomic E-state index is 11.6. The van der Waals surface area contributed by atoms with E-state index in [2.05, 4.69) is 4.90 Å². The summed E-state index contributed by atoms with van der Waals surface area (Å²) < 4.78 is 5.06. The Kier molecular flexibility index (Phi) is 6.39. The molecule has 0 aromatic heterocycles. The lowest BCUT2D eigenvalue weighted by Gasteiger charge is -2.21. The summed E-state index contributed by atoms with van der Waals surface area (Å²) in [5.41, 5.74) is 0.507. The largest absolute Gasteiger partial charge is 0.459 e. The second-order valence-corrected chi connectivity index (χ2v) is 4.10. The van der Waals surface area contributed by atoms with Crippen LogP contribution in [0, 0.1) is 0 Å². The third kappa shape index (κ3) is 4.85. The number of carbonyl (C=O) groups excluding carboxylic acids is 1. The Hall–Kier alpha value is -1.39. The van der Waals surface area contributed by atoms with Crippen LogP contribution in [-0.2, 0) is 4.74 Å². The first-order chi connectivity index (χ1) is 8.67. The van der Waals surface area contributed by atoms with E-state index in [-0.39, 0.29) is 6.61 Å². The van der Waals surface area contributed by atoms with Gasteiger partial charge in [0.2, 0.25) is 0 Å². The molecule has 0 spiro atoms. The molecule has 0 amide bonds. The van der Waals surface area contributed by atoms with E-state index in [1.54, 1.807) is 24.3 Å². The highest BCUT2D eigenvalue weighted by molar-refractivity contribution is 5.89. The zero-order chi connectivity index (χ0) is 13.4. The second kappa shape index (κ2) is 7.84. The first kappa shape index (κ1) is 14.7. The van der Waals surface area contributed by atoms with E-state index in [0.717, 1.165) is 13.1 Å². The fourth-order valence-corrected chi connectivity index (χ4v) is 1.66. The molecule has 0 radical (unpaired) electrons. The lowest BCUT2D eigenvalue weighted by molar-refractivity contribution is 0.0166. The number of esters is 1. The van der Waals surface area contributed by atoms with Crippen molar-refractivity contribution in [3.05, 3.63) is 35.9 Å². The normalized spacial score (nSPS) is 12.4. The number of likely N-dealkylation sites (N-methyl/N-ethyl adjacent to an activating group) is 1. The van der Waals surface area contributed by atoms with Gasteiger partial charge >= 0.3 is 5.97 Å². The van der Waals surface area contributed by atoms with Crippen molar-refractivity contribution in [3.8, 4) is 0 Å². The Morgan fingerprint density at radius 1 is 1.28 bits per heavy atom. The predicted octanol–water partition coefficient (Wildman–Crippen LogP) is 1.55. The van der Waals surface area contributed by atoms with E-state index in [4.69, 9.17) is 4.74 Å². The fraction of sp³-hybridized carbons (Fsp3) is 0.500. The lowest BCUT2D eigenvalue weighted by atomic mass is 10.2. The molecule has 1 rings (SSSR count). The average Bonchev–Trinajstić information content (AvgIpc) is 2.43. The van der Waals surface area contributed by atoms with Crippen LogP contribution in [0.3, 0.4) is 0 Å². The molecule has 4 heteroatoms. The maximum Gasteiger partial charge on any atom is 0.338 e. The van der Waals surface area contributed by atoms with Crippen molar-refractivity contribution in [2.75, 3.05) is 26.2 Å². The number of aliphatic hydroxyl groups excluding tert-OH is 1. The van der Waals surface area contributed by atoms with Crippen LogP contribution in [0.25, 0.3) is 0 Å². The van der Waals surface area contributed by atoms with Gasteiger partial charge < -0.3 is 14.7 Å². The number of rotatable bonds is 7. The van der Waals surface area contributed by atoms with Crippen molar-refractivity contribution in [3.63, 3.8) is 0 Å². The molecule has 0 aliphatic rings. The zero-order valence-corrected chi connectivity index (χ0v) is 11.0. The van der Waals surface area contributed by atoms with E-state index >= 15 is 0 Å². The first-order valence-corrected chi connectivity index (χ1v) is 6.30. The van der Waals surface area contributed by atoms with Gasteiger partial charge in [-0.2, -0.15) is 0 Å². The molecule has 4 nitrogen and oxygen atoms in total. The van der Waals surface area contributed by atoms with Gasteiger partial charge in [-0.15, -0.1) is 0 Å². The van der Waals surface area contributed by atoms with Gasteiger partial charge in [-0.05, 0) is 25.2 Å². The van der Waals surface area contributed by atoms with Gasteiger partial charge in [-0.3, -0.25) is 0 Å². The van der Waals surface area contributed by atoms with Gasteiger partial charge in [0.25, 0.3) is 0 Å². The van der Waals surface area contributed by atoms with E-state index in [9.17, 15) is 9.90 Å². The van der Waals surface area contributed by atoms with E-state index in [0.29, 0.717) is 12.1 Å². The van der Waals surface area contributed by atoms with Gasteiger partial charge in [0.1, 0.15) is 12.7 Å². The summed E-state index contributed by atoms with van der Waals surface area (Å²) in [6.07, 6.45) is -0.641. The lowest BCUT2D eigenvalue weighted by Crippen LogP contribution is -2.35. The summed E-state index contributed by atoms with van der Waals surface area (Å²) in [6, 6.07) is 8.79. The van der Waals surface area contributed by atoms with Crippen LogP contribution in [0.2, 0.25) is 0 Å². The molecule has 0 bridgehead atoms. The molecule has 1 N–H and O–H groups in total. The summed E-state index contributed by atoms with van der Waals surface area (Å²) in [5, 5.41) is 9.76. The summed E-state index contributed by atoms with van der Waals surface area (Å²) in [4.78, 5) is 13.7. The van der Waals surface area contributed by atoms with E-state index in [1.165, 1.54) is 0 Å².